The van der Waals surface area contributed by atoms with E-state index in [0.29, 0.717) is 11.1 Å². The molecular formula is C20H15N5O3. The zero-order chi connectivity index (χ0) is 19.7. The number of H-pyrrole nitrogens is 1. The minimum Gasteiger partial charge on any atom is -0.326 e. The van der Waals surface area contributed by atoms with Gasteiger partial charge < -0.3 is 5.32 Å². The molecule has 4 rings (SSSR count). The van der Waals surface area contributed by atoms with Crippen LogP contribution in [0.4, 0.5) is 17.3 Å². The predicted molar refractivity (Wildman–Crippen MR) is 107 cm³/mol. The summed E-state index contributed by atoms with van der Waals surface area (Å²) < 4.78 is 0. The lowest BCUT2D eigenvalue weighted by Gasteiger charge is -2.09. The van der Waals surface area contributed by atoms with Gasteiger partial charge in [-0.3, -0.25) is 19.9 Å². The van der Waals surface area contributed by atoms with Crippen LogP contribution in [0.15, 0.2) is 65.6 Å². The van der Waals surface area contributed by atoms with Crippen molar-refractivity contribution >= 4 is 28.4 Å². The molecule has 0 atom stereocenters. The van der Waals surface area contributed by atoms with Gasteiger partial charge >= 0.3 is 0 Å². The van der Waals surface area contributed by atoms with Crippen molar-refractivity contribution < 1.29 is 4.92 Å². The van der Waals surface area contributed by atoms with Crippen LogP contribution in [-0.4, -0.2) is 19.9 Å². The molecule has 28 heavy (non-hydrogen) atoms. The molecule has 2 N–H and O–H groups in total. The van der Waals surface area contributed by atoms with Crippen LogP contribution in [0, 0.1) is 17.0 Å². The lowest BCUT2D eigenvalue weighted by molar-refractivity contribution is -0.384. The molecule has 8 nitrogen and oxygen atoms in total. The number of aromatic nitrogens is 3. The van der Waals surface area contributed by atoms with Gasteiger partial charge in [0.15, 0.2) is 5.65 Å². The van der Waals surface area contributed by atoms with Crippen LogP contribution in [0.1, 0.15) is 5.56 Å². The van der Waals surface area contributed by atoms with Gasteiger partial charge in [0.1, 0.15) is 0 Å². The Kier molecular flexibility index (Phi) is 4.29. The van der Waals surface area contributed by atoms with E-state index in [0.717, 1.165) is 11.3 Å². The van der Waals surface area contributed by atoms with Crippen LogP contribution in [0.3, 0.4) is 0 Å². The molecule has 138 valence electrons. The number of nitro groups is 1. The van der Waals surface area contributed by atoms with Crippen molar-refractivity contribution in [3.63, 3.8) is 0 Å². The molecule has 0 saturated heterocycles. The number of aryl methyl sites for hydroxylation is 1. The predicted octanol–water partition coefficient (Wildman–Crippen LogP) is 3.95. The fraction of sp³-hybridized carbons (Fsp3) is 0.0500. The average molecular weight is 373 g/mol. The highest BCUT2D eigenvalue weighted by Crippen LogP contribution is 2.27. The number of fused-ring (bicyclic) bond motifs is 1. The molecule has 0 aliphatic rings. The number of pyridine rings is 1. The molecule has 0 saturated carbocycles. The van der Waals surface area contributed by atoms with Gasteiger partial charge in [0.05, 0.1) is 10.3 Å². The molecule has 0 spiro atoms. The number of anilines is 2. The van der Waals surface area contributed by atoms with Crippen LogP contribution in [0.2, 0.25) is 0 Å². The first-order valence-electron chi connectivity index (χ1n) is 8.49. The van der Waals surface area contributed by atoms with Crippen LogP contribution in [0.25, 0.3) is 22.2 Å². The third kappa shape index (κ3) is 3.30. The maximum absolute atomic E-state index is 12.7. The number of non-ortho nitro benzene ring substituents is 1. The summed E-state index contributed by atoms with van der Waals surface area (Å²) in [6.07, 6.45) is 1.53. The number of nitro benzene ring substituents is 1. The zero-order valence-corrected chi connectivity index (χ0v) is 14.8. The van der Waals surface area contributed by atoms with Gasteiger partial charge in [0.25, 0.3) is 11.2 Å². The SMILES string of the molecule is Cc1ccc(Nc2nc3nccc(-c4cccc([N+](=O)[O-])c4)c3c(=O)[nH]2)cc1. The fourth-order valence-electron chi connectivity index (χ4n) is 2.92. The quantitative estimate of drug-likeness (QED) is 0.414. The highest BCUT2D eigenvalue weighted by Gasteiger charge is 2.14. The largest absolute Gasteiger partial charge is 0.326 e. The van der Waals surface area contributed by atoms with Crippen LogP contribution in [-0.2, 0) is 0 Å². The second-order valence-electron chi connectivity index (χ2n) is 6.27. The molecule has 2 heterocycles. The Hall–Kier alpha value is -4.07. The van der Waals surface area contributed by atoms with Crippen molar-refractivity contribution in [2.24, 2.45) is 0 Å². The minimum absolute atomic E-state index is 0.0514. The number of rotatable bonds is 4. The van der Waals surface area contributed by atoms with E-state index in [-0.39, 0.29) is 28.2 Å². The number of hydrogen-bond donors (Lipinski definition) is 2. The van der Waals surface area contributed by atoms with Crippen molar-refractivity contribution in [1.82, 2.24) is 15.0 Å². The second-order valence-corrected chi connectivity index (χ2v) is 6.27. The maximum Gasteiger partial charge on any atom is 0.270 e. The molecule has 0 radical (unpaired) electrons. The van der Waals surface area contributed by atoms with Crippen LogP contribution >= 0.6 is 0 Å². The molecule has 0 aliphatic carbocycles. The van der Waals surface area contributed by atoms with Gasteiger partial charge in [0, 0.05) is 29.6 Å². The minimum atomic E-state index is -0.473. The normalized spacial score (nSPS) is 10.8. The Morgan fingerprint density at radius 3 is 2.64 bits per heavy atom. The number of hydrogen-bond acceptors (Lipinski definition) is 6. The summed E-state index contributed by atoms with van der Waals surface area (Å²) in [6, 6.07) is 15.4. The summed E-state index contributed by atoms with van der Waals surface area (Å²) in [4.78, 5) is 34.6. The van der Waals surface area contributed by atoms with E-state index in [2.05, 4.69) is 20.3 Å². The Bertz CT molecular complexity index is 1250. The molecule has 0 bridgehead atoms. The Morgan fingerprint density at radius 1 is 1.11 bits per heavy atom. The van der Waals surface area contributed by atoms with E-state index in [1.165, 1.54) is 18.3 Å². The van der Waals surface area contributed by atoms with E-state index >= 15 is 0 Å². The molecule has 0 amide bonds. The van der Waals surface area contributed by atoms with Gasteiger partial charge in [-0.15, -0.1) is 0 Å². The maximum atomic E-state index is 12.7. The number of nitrogens with zero attached hydrogens (tertiary/aromatic N) is 3. The standard InChI is InChI=1S/C20H15N5O3/c1-12-5-7-14(8-6-12)22-20-23-18-17(19(26)24-20)16(9-10-21-18)13-3-2-4-15(11-13)25(27)28/h2-11H,1H3,(H2,21,22,23,24,26). The van der Waals surface area contributed by atoms with Crippen molar-refractivity contribution in [2.45, 2.75) is 6.92 Å². The van der Waals surface area contributed by atoms with Gasteiger partial charge in [-0.25, -0.2) is 4.98 Å². The lowest BCUT2D eigenvalue weighted by Crippen LogP contribution is -2.13. The van der Waals surface area contributed by atoms with Gasteiger partial charge in [-0.05, 0) is 30.7 Å². The molecular weight excluding hydrogens is 358 g/mol. The summed E-state index contributed by atoms with van der Waals surface area (Å²) >= 11 is 0. The second kappa shape index (κ2) is 6.92. The monoisotopic (exact) mass is 373 g/mol. The summed E-state index contributed by atoms with van der Waals surface area (Å²) in [7, 11) is 0. The third-order valence-corrected chi connectivity index (χ3v) is 4.29. The average Bonchev–Trinajstić information content (AvgIpc) is 2.69. The molecule has 0 fully saturated rings. The summed E-state index contributed by atoms with van der Waals surface area (Å²) in [6.45, 7) is 1.99. The van der Waals surface area contributed by atoms with E-state index in [1.807, 2.05) is 31.2 Å². The van der Waals surface area contributed by atoms with Crippen molar-refractivity contribution in [3.05, 3.63) is 86.8 Å². The Labute approximate surface area is 159 Å². The summed E-state index contributed by atoms with van der Waals surface area (Å²) in [5, 5.41) is 14.4. The number of aromatic amines is 1. The number of benzene rings is 2. The molecule has 2 aromatic carbocycles. The summed E-state index contributed by atoms with van der Waals surface area (Å²) in [5.41, 5.74) is 2.80. The van der Waals surface area contributed by atoms with Gasteiger partial charge in [-0.2, -0.15) is 4.98 Å². The summed E-state index contributed by atoms with van der Waals surface area (Å²) in [5.74, 6) is 0.269. The first-order chi connectivity index (χ1) is 13.5. The first kappa shape index (κ1) is 17.3. The molecule has 2 aromatic heterocycles. The molecule has 0 unspecified atom stereocenters. The highest BCUT2D eigenvalue weighted by atomic mass is 16.6. The number of nitrogens with one attached hydrogen (secondary N) is 2. The molecule has 0 aliphatic heterocycles. The van der Waals surface area contributed by atoms with E-state index in [9.17, 15) is 14.9 Å². The van der Waals surface area contributed by atoms with Crippen molar-refractivity contribution in [3.8, 4) is 11.1 Å². The highest BCUT2D eigenvalue weighted by molar-refractivity contribution is 5.92. The van der Waals surface area contributed by atoms with E-state index in [1.54, 1.807) is 18.2 Å². The Morgan fingerprint density at radius 2 is 1.89 bits per heavy atom. The smallest absolute Gasteiger partial charge is 0.270 e. The van der Waals surface area contributed by atoms with E-state index in [4.69, 9.17) is 0 Å². The van der Waals surface area contributed by atoms with Crippen molar-refractivity contribution in [1.29, 1.82) is 0 Å². The Balaban J connectivity index is 1.81. The van der Waals surface area contributed by atoms with Gasteiger partial charge in [-0.1, -0.05) is 29.8 Å². The van der Waals surface area contributed by atoms with Crippen molar-refractivity contribution in [2.75, 3.05) is 5.32 Å². The topological polar surface area (TPSA) is 114 Å². The molecule has 4 aromatic rings. The van der Waals surface area contributed by atoms with Crippen LogP contribution in [0.5, 0.6) is 0 Å². The van der Waals surface area contributed by atoms with Crippen LogP contribution < -0.4 is 10.9 Å². The first-order valence-corrected chi connectivity index (χ1v) is 8.49. The fourth-order valence-corrected chi connectivity index (χ4v) is 2.92. The molecule has 8 heteroatoms. The lowest BCUT2D eigenvalue weighted by atomic mass is 10.0. The third-order valence-electron chi connectivity index (χ3n) is 4.29. The van der Waals surface area contributed by atoms with E-state index < -0.39 is 4.92 Å². The van der Waals surface area contributed by atoms with Gasteiger partial charge in [0.2, 0.25) is 5.95 Å². The zero-order valence-electron chi connectivity index (χ0n) is 14.8.